The first kappa shape index (κ1) is 14.1. The molecule has 0 amide bonds. The molecule has 0 aliphatic heterocycles. The summed E-state index contributed by atoms with van der Waals surface area (Å²) in [5.41, 5.74) is 1.23. The molecule has 0 N–H and O–H groups in total. The van der Waals surface area contributed by atoms with Crippen molar-refractivity contribution in [3.63, 3.8) is 0 Å². The highest BCUT2D eigenvalue weighted by atomic mass is 79.9. The Morgan fingerprint density at radius 1 is 1.32 bits per heavy atom. The minimum atomic E-state index is -0.0424. The molecule has 0 spiro atoms. The highest BCUT2D eigenvalue weighted by Gasteiger charge is 2.13. The lowest BCUT2D eigenvalue weighted by Crippen LogP contribution is -2.21. The highest BCUT2D eigenvalue weighted by molar-refractivity contribution is 9.10. The molecular weight excluding hydrogens is 308 g/mol. The van der Waals surface area contributed by atoms with Crippen molar-refractivity contribution in [3.8, 4) is 5.88 Å². The maximum Gasteiger partial charge on any atom is 0.264 e. The molecule has 19 heavy (non-hydrogen) atoms. The average Bonchev–Trinajstić information content (AvgIpc) is 2.41. The average molecular weight is 325 g/mol. The van der Waals surface area contributed by atoms with Crippen molar-refractivity contribution >= 4 is 21.6 Å². The van der Waals surface area contributed by atoms with E-state index in [0.717, 1.165) is 17.3 Å². The molecule has 0 saturated heterocycles. The summed E-state index contributed by atoms with van der Waals surface area (Å²) < 4.78 is 8.04. The fourth-order valence-corrected chi connectivity index (χ4v) is 2.25. The van der Waals surface area contributed by atoms with Crippen LogP contribution in [0.3, 0.4) is 0 Å². The molecule has 5 heteroatoms. The third kappa shape index (κ3) is 2.97. The van der Waals surface area contributed by atoms with Gasteiger partial charge in [0.15, 0.2) is 0 Å². The predicted molar refractivity (Wildman–Crippen MR) is 78.9 cm³/mol. The summed E-state index contributed by atoms with van der Waals surface area (Å²) in [6, 6.07) is 3.67. The molecule has 0 aromatic carbocycles. The normalized spacial score (nSPS) is 10.9. The molecule has 0 saturated carbocycles. The number of hydrogen-bond donors (Lipinski definition) is 0. The van der Waals surface area contributed by atoms with Gasteiger partial charge in [-0.1, -0.05) is 20.3 Å². The SMILES string of the molecule is CCCOc1nc2ccc(Br)cn2c(=O)c1CCC. The van der Waals surface area contributed by atoms with Crippen LogP contribution >= 0.6 is 15.9 Å². The summed E-state index contributed by atoms with van der Waals surface area (Å²) in [6.45, 7) is 4.65. The summed E-state index contributed by atoms with van der Waals surface area (Å²) in [5.74, 6) is 0.482. The first-order valence-corrected chi connectivity index (χ1v) is 7.30. The van der Waals surface area contributed by atoms with Crippen LogP contribution in [0.5, 0.6) is 5.88 Å². The van der Waals surface area contributed by atoms with E-state index in [2.05, 4.69) is 20.9 Å². The van der Waals surface area contributed by atoms with Crippen LogP contribution in [0.25, 0.3) is 5.65 Å². The van der Waals surface area contributed by atoms with Gasteiger partial charge in [0, 0.05) is 10.7 Å². The standard InChI is InChI=1S/C14H17BrN2O2/c1-3-5-11-13(19-8-4-2)16-12-7-6-10(15)9-17(12)14(11)18/h6-7,9H,3-5,8H2,1-2H3. The predicted octanol–water partition coefficient (Wildman–Crippen LogP) is 3.20. The molecule has 2 aromatic rings. The van der Waals surface area contributed by atoms with Crippen LogP contribution in [-0.4, -0.2) is 16.0 Å². The van der Waals surface area contributed by atoms with Gasteiger partial charge in [-0.15, -0.1) is 0 Å². The molecule has 0 aliphatic carbocycles. The van der Waals surface area contributed by atoms with Crippen molar-refractivity contribution in [2.45, 2.75) is 33.1 Å². The second-order valence-corrected chi connectivity index (χ2v) is 5.29. The van der Waals surface area contributed by atoms with E-state index in [1.54, 1.807) is 16.7 Å². The number of rotatable bonds is 5. The minimum Gasteiger partial charge on any atom is -0.477 e. The van der Waals surface area contributed by atoms with Gasteiger partial charge in [0.25, 0.3) is 5.56 Å². The number of nitrogens with zero attached hydrogens (tertiary/aromatic N) is 2. The quantitative estimate of drug-likeness (QED) is 0.848. The maximum atomic E-state index is 12.5. The molecular formula is C14H17BrN2O2. The Balaban J connectivity index is 2.63. The molecule has 0 bridgehead atoms. The lowest BCUT2D eigenvalue weighted by molar-refractivity contribution is 0.301. The van der Waals surface area contributed by atoms with Crippen LogP contribution in [0.2, 0.25) is 0 Å². The Hall–Kier alpha value is -1.36. The molecule has 102 valence electrons. The van der Waals surface area contributed by atoms with Gasteiger partial charge in [-0.2, -0.15) is 4.98 Å². The molecule has 0 radical (unpaired) electrons. The topological polar surface area (TPSA) is 43.6 Å². The maximum absolute atomic E-state index is 12.5. The zero-order valence-electron chi connectivity index (χ0n) is 11.1. The summed E-state index contributed by atoms with van der Waals surface area (Å²) >= 11 is 3.37. The smallest absolute Gasteiger partial charge is 0.264 e. The molecule has 0 fully saturated rings. The van der Waals surface area contributed by atoms with E-state index in [-0.39, 0.29) is 5.56 Å². The van der Waals surface area contributed by atoms with E-state index >= 15 is 0 Å². The number of fused-ring (bicyclic) bond motifs is 1. The molecule has 0 unspecified atom stereocenters. The fraction of sp³-hybridized carbons (Fsp3) is 0.429. The van der Waals surface area contributed by atoms with Crippen molar-refractivity contribution < 1.29 is 4.74 Å². The first-order chi connectivity index (χ1) is 9.17. The van der Waals surface area contributed by atoms with Gasteiger partial charge in [-0.05, 0) is 40.9 Å². The van der Waals surface area contributed by atoms with E-state index < -0.39 is 0 Å². The Morgan fingerprint density at radius 2 is 2.11 bits per heavy atom. The Morgan fingerprint density at radius 3 is 2.79 bits per heavy atom. The third-order valence-corrected chi connectivity index (χ3v) is 3.25. The summed E-state index contributed by atoms with van der Waals surface area (Å²) in [6.07, 6.45) is 4.21. The lowest BCUT2D eigenvalue weighted by atomic mass is 10.2. The molecule has 4 nitrogen and oxygen atoms in total. The fourth-order valence-electron chi connectivity index (χ4n) is 1.91. The van der Waals surface area contributed by atoms with Crippen LogP contribution in [0.15, 0.2) is 27.6 Å². The second kappa shape index (κ2) is 6.19. The van der Waals surface area contributed by atoms with Crippen LogP contribution in [0.1, 0.15) is 32.3 Å². The van der Waals surface area contributed by atoms with Gasteiger partial charge >= 0.3 is 0 Å². The van der Waals surface area contributed by atoms with Crippen LogP contribution < -0.4 is 10.3 Å². The third-order valence-electron chi connectivity index (χ3n) is 2.78. The minimum absolute atomic E-state index is 0.0424. The van der Waals surface area contributed by atoms with Gasteiger partial charge in [0.05, 0.1) is 12.2 Å². The van der Waals surface area contributed by atoms with Gasteiger partial charge in [-0.25, -0.2) is 0 Å². The zero-order chi connectivity index (χ0) is 13.8. The summed E-state index contributed by atoms with van der Waals surface area (Å²) in [5, 5.41) is 0. The van der Waals surface area contributed by atoms with Gasteiger partial charge in [-0.3, -0.25) is 9.20 Å². The molecule has 2 heterocycles. The molecule has 0 atom stereocenters. The summed E-state index contributed by atoms with van der Waals surface area (Å²) in [7, 11) is 0. The second-order valence-electron chi connectivity index (χ2n) is 4.37. The number of aromatic nitrogens is 2. The van der Waals surface area contributed by atoms with Crippen molar-refractivity contribution in [2.75, 3.05) is 6.61 Å². The van der Waals surface area contributed by atoms with E-state index in [4.69, 9.17) is 4.74 Å². The molecule has 2 rings (SSSR count). The van der Waals surface area contributed by atoms with Crippen molar-refractivity contribution in [2.24, 2.45) is 0 Å². The Bertz CT molecular complexity index is 637. The van der Waals surface area contributed by atoms with E-state index in [9.17, 15) is 4.79 Å². The van der Waals surface area contributed by atoms with Gasteiger partial charge < -0.3 is 4.74 Å². The van der Waals surface area contributed by atoms with E-state index in [1.165, 1.54) is 0 Å². The van der Waals surface area contributed by atoms with Gasteiger partial charge in [0.1, 0.15) is 5.65 Å². The van der Waals surface area contributed by atoms with Crippen molar-refractivity contribution in [1.82, 2.24) is 9.38 Å². The Kier molecular flexibility index (Phi) is 4.58. The highest BCUT2D eigenvalue weighted by Crippen LogP contribution is 2.17. The monoisotopic (exact) mass is 324 g/mol. The number of halogens is 1. The lowest BCUT2D eigenvalue weighted by Gasteiger charge is -2.11. The van der Waals surface area contributed by atoms with E-state index in [0.29, 0.717) is 30.1 Å². The van der Waals surface area contributed by atoms with E-state index in [1.807, 2.05) is 19.9 Å². The number of ether oxygens (including phenoxy) is 1. The first-order valence-electron chi connectivity index (χ1n) is 6.51. The van der Waals surface area contributed by atoms with Crippen LogP contribution in [0.4, 0.5) is 0 Å². The Labute approximate surface area is 120 Å². The summed E-state index contributed by atoms with van der Waals surface area (Å²) in [4.78, 5) is 16.9. The molecule has 0 aliphatic rings. The molecule has 2 aromatic heterocycles. The van der Waals surface area contributed by atoms with Crippen molar-refractivity contribution in [1.29, 1.82) is 0 Å². The number of pyridine rings is 1. The van der Waals surface area contributed by atoms with Crippen LogP contribution in [0, 0.1) is 0 Å². The largest absolute Gasteiger partial charge is 0.477 e. The zero-order valence-corrected chi connectivity index (χ0v) is 12.7. The number of hydrogen-bond acceptors (Lipinski definition) is 3. The van der Waals surface area contributed by atoms with Crippen molar-refractivity contribution in [3.05, 3.63) is 38.7 Å². The van der Waals surface area contributed by atoms with Gasteiger partial charge in [0.2, 0.25) is 5.88 Å². The van der Waals surface area contributed by atoms with Crippen LogP contribution in [-0.2, 0) is 6.42 Å².